The van der Waals surface area contributed by atoms with Crippen LogP contribution in [-0.2, 0) is 12.8 Å². The molecule has 0 N–H and O–H groups in total. The fourth-order valence-corrected chi connectivity index (χ4v) is 4.91. The molecule has 0 atom stereocenters. The van der Waals surface area contributed by atoms with Crippen LogP contribution in [0.3, 0.4) is 0 Å². The molecule has 0 saturated heterocycles. The van der Waals surface area contributed by atoms with Crippen molar-refractivity contribution in [2.75, 3.05) is 26.2 Å². The highest BCUT2D eigenvalue weighted by Crippen LogP contribution is 2.30. The first-order valence-electron chi connectivity index (χ1n) is 9.90. The van der Waals surface area contributed by atoms with Gasteiger partial charge in [-0.05, 0) is 31.7 Å². The molecule has 1 saturated carbocycles. The number of fused-ring (bicyclic) bond motifs is 1. The Morgan fingerprint density at radius 2 is 1.88 bits per heavy atom. The molecule has 1 aliphatic carbocycles. The molecule has 3 rings (SSSR count). The number of ether oxygens (including phenoxy) is 1. The smallest absolute Gasteiger partial charge is 0.389 e. The Morgan fingerprint density at radius 3 is 2.65 bits per heavy atom. The number of alkyl halides is 3. The molecule has 1 aromatic heterocycles. The van der Waals surface area contributed by atoms with Crippen LogP contribution >= 0.6 is 11.3 Å². The van der Waals surface area contributed by atoms with E-state index in [0.717, 1.165) is 37.5 Å². The second-order valence-electron chi connectivity index (χ2n) is 7.55. The quantitative estimate of drug-likeness (QED) is 0.596. The summed E-state index contributed by atoms with van der Waals surface area (Å²) in [6, 6.07) is 0. The molecule has 0 spiro atoms. The van der Waals surface area contributed by atoms with Gasteiger partial charge in [0.25, 0.3) is 5.19 Å². The Labute approximate surface area is 157 Å². The Morgan fingerprint density at radius 1 is 1.12 bits per heavy atom. The van der Waals surface area contributed by atoms with Crippen LogP contribution in [0.4, 0.5) is 13.2 Å². The van der Waals surface area contributed by atoms with Crippen molar-refractivity contribution in [2.24, 2.45) is 5.92 Å². The molecule has 0 unspecified atom stereocenters. The summed E-state index contributed by atoms with van der Waals surface area (Å²) in [6.45, 7) is 3.34. The molecule has 0 radical (unpaired) electrons. The maximum absolute atomic E-state index is 12.2. The molecular weight excluding hydrogens is 361 g/mol. The van der Waals surface area contributed by atoms with Gasteiger partial charge in [0.15, 0.2) is 0 Å². The minimum absolute atomic E-state index is 0.0112. The maximum Gasteiger partial charge on any atom is 0.389 e. The molecule has 7 heteroatoms. The van der Waals surface area contributed by atoms with Crippen molar-refractivity contribution in [2.45, 2.75) is 70.4 Å². The summed E-state index contributed by atoms with van der Waals surface area (Å²) in [4.78, 5) is 8.31. The highest BCUT2D eigenvalue weighted by molar-refractivity contribution is 7.13. The molecule has 148 valence electrons. The van der Waals surface area contributed by atoms with Crippen LogP contribution in [0.25, 0.3) is 0 Å². The standard InChI is InChI=1S/C19H29F3N2OS/c20-19(21,22)10-4-14-25-18-23-16-8-12-24(13-9-17(16)26-18)11-7-15-5-2-1-3-6-15/h15H,1-14H2. The molecule has 26 heavy (non-hydrogen) atoms. The lowest BCUT2D eigenvalue weighted by atomic mass is 9.87. The Hall–Kier alpha value is -0.820. The minimum Gasteiger partial charge on any atom is -0.470 e. The number of hydrogen-bond acceptors (Lipinski definition) is 4. The monoisotopic (exact) mass is 390 g/mol. The summed E-state index contributed by atoms with van der Waals surface area (Å²) in [5.74, 6) is 0.913. The van der Waals surface area contributed by atoms with Gasteiger partial charge >= 0.3 is 6.18 Å². The van der Waals surface area contributed by atoms with E-state index in [9.17, 15) is 13.2 Å². The second kappa shape index (κ2) is 9.40. The van der Waals surface area contributed by atoms with Gasteiger partial charge in [0.05, 0.1) is 12.3 Å². The minimum atomic E-state index is -4.11. The largest absolute Gasteiger partial charge is 0.470 e. The number of halogens is 3. The summed E-state index contributed by atoms with van der Waals surface area (Å²) in [7, 11) is 0. The van der Waals surface area contributed by atoms with Gasteiger partial charge in [-0.15, -0.1) is 0 Å². The van der Waals surface area contributed by atoms with E-state index in [2.05, 4.69) is 9.88 Å². The predicted molar refractivity (Wildman–Crippen MR) is 97.9 cm³/mol. The van der Waals surface area contributed by atoms with E-state index < -0.39 is 12.6 Å². The lowest BCUT2D eigenvalue weighted by molar-refractivity contribution is -0.136. The van der Waals surface area contributed by atoms with Crippen molar-refractivity contribution < 1.29 is 17.9 Å². The van der Waals surface area contributed by atoms with E-state index in [1.807, 2.05) is 0 Å². The van der Waals surface area contributed by atoms with Gasteiger partial charge in [-0.25, -0.2) is 4.98 Å². The van der Waals surface area contributed by atoms with Crippen LogP contribution in [0.2, 0.25) is 0 Å². The molecule has 1 aliphatic heterocycles. The van der Waals surface area contributed by atoms with Gasteiger partial charge in [0, 0.05) is 30.8 Å². The normalized spacial score (nSPS) is 20.0. The van der Waals surface area contributed by atoms with Gasteiger partial charge < -0.3 is 9.64 Å². The van der Waals surface area contributed by atoms with Crippen molar-refractivity contribution in [3.63, 3.8) is 0 Å². The van der Waals surface area contributed by atoms with E-state index in [1.54, 1.807) is 0 Å². The second-order valence-corrected chi connectivity index (χ2v) is 8.60. The third-order valence-electron chi connectivity index (χ3n) is 5.49. The molecule has 0 amide bonds. The molecule has 2 aliphatic rings. The van der Waals surface area contributed by atoms with E-state index in [-0.39, 0.29) is 13.0 Å². The molecule has 1 aromatic rings. The molecule has 3 nitrogen and oxygen atoms in total. The van der Waals surface area contributed by atoms with Gasteiger partial charge in [0.2, 0.25) is 0 Å². The van der Waals surface area contributed by atoms with Crippen LogP contribution in [0.15, 0.2) is 0 Å². The zero-order chi connectivity index (χ0) is 18.4. The van der Waals surface area contributed by atoms with Crippen molar-refractivity contribution in [1.82, 2.24) is 9.88 Å². The first-order chi connectivity index (χ1) is 12.5. The first kappa shape index (κ1) is 19.9. The fraction of sp³-hybridized carbons (Fsp3) is 0.842. The Balaban J connectivity index is 1.39. The van der Waals surface area contributed by atoms with Crippen LogP contribution in [0.5, 0.6) is 5.19 Å². The van der Waals surface area contributed by atoms with Gasteiger partial charge in [-0.1, -0.05) is 43.4 Å². The van der Waals surface area contributed by atoms with Gasteiger partial charge in [-0.2, -0.15) is 13.2 Å². The van der Waals surface area contributed by atoms with Crippen LogP contribution in [0, 0.1) is 5.92 Å². The van der Waals surface area contributed by atoms with Crippen LogP contribution < -0.4 is 4.74 Å². The molecule has 0 aromatic carbocycles. The van der Waals surface area contributed by atoms with Gasteiger partial charge in [-0.3, -0.25) is 0 Å². The van der Waals surface area contributed by atoms with Gasteiger partial charge in [0.1, 0.15) is 0 Å². The average Bonchev–Trinajstić information content (AvgIpc) is 2.90. The van der Waals surface area contributed by atoms with E-state index in [1.165, 1.54) is 61.3 Å². The van der Waals surface area contributed by atoms with Crippen molar-refractivity contribution >= 4 is 11.3 Å². The fourth-order valence-electron chi connectivity index (χ4n) is 3.94. The Bertz CT molecular complexity index is 530. The Kier molecular flexibility index (Phi) is 7.20. The average molecular weight is 391 g/mol. The molecule has 0 bridgehead atoms. The van der Waals surface area contributed by atoms with Crippen molar-refractivity contribution in [3.8, 4) is 5.19 Å². The molecular formula is C19H29F3N2OS. The van der Waals surface area contributed by atoms with E-state index in [4.69, 9.17) is 4.74 Å². The predicted octanol–water partition coefficient (Wildman–Crippen LogP) is 5.24. The number of aromatic nitrogens is 1. The van der Waals surface area contributed by atoms with E-state index >= 15 is 0 Å². The third kappa shape index (κ3) is 6.41. The highest BCUT2D eigenvalue weighted by atomic mass is 32.1. The van der Waals surface area contributed by atoms with Crippen molar-refractivity contribution in [3.05, 3.63) is 10.6 Å². The number of nitrogens with zero attached hydrogens (tertiary/aromatic N) is 2. The summed E-state index contributed by atoms with van der Waals surface area (Å²) in [5, 5.41) is 0.535. The lowest BCUT2D eigenvalue weighted by Crippen LogP contribution is -2.29. The van der Waals surface area contributed by atoms with Crippen LogP contribution in [0.1, 0.15) is 61.9 Å². The van der Waals surface area contributed by atoms with Crippen molar-refractivity contribution in [1.29, 1.82) is 0 Å². The SMILES string of the molecule is FC(F)(F)CCCOc1nc2c(s1)CCN(CCC1CCCCC1)CC2. The zero-order valence-electron chi connectivity index (χ0n) is 15.3. The number of rotatable bonds is 7. The van der Waals surface area contributed by atoms with E-state index in [0.29, 0.717) is 5.19 Å². The summed E-state index contributed by atoms with van der Waals surface area (Å²) >= 11 is 1.51. The summed E-state index contributed by atoms with van der Waals surface area (Å²) < 4.78 is 41.9. The topological polar surface area (TPSA) is 25.4 Å². The third-order valence-corrected chi connectivity index (χ3v) is 6.56. The first-order valence-corrected chi connectivity index (χ1v) is 10.7. The zero-order valence-corrected chi connectivity index (χ0v) is 16.1. The molecule has 2 heterocycles. The molecule has 1 fully saturated rings. The summed E-state index contributed by atoms with van der Waals surface area (Å²) in [5.41, 5.74) is 1.08. The maximum atomic E-state index is 12.2. The number of hydrogen-bond donors (Lipinski definition) is 0. The lowest BCUT2D eigenvalue weighted by Gasteiger charge is -2.26. The van der Waals surface area contributed by atoms with Crippen LogP contribution in [-0.4, -0.2) is 42.3 Å². The highest BCUT2D eigenvalue weighted by Gasteiger charge is 2.26. The summed E-state index contributed by atoms with van der Waals surface area (Å²) in [6.07, 6.45) is 5.30. The number of thiazole rings is 1.